The Morgan fingerprint density at radius 1 is 1.00 bits per heavy atom. The van der Waals surface area contributed by atoms with Crippen molar-refractivity contribution < 1.29 is 29.0 Å². The summed E-state index contributed by atoms with van der Waals surface area (Å²) in [7, 11) is 0. The molecule has 1 unspecified atom stereocenters. The minimum Gasteiger partial charge on any atom is -0.480 e. The van der Waals surface area contributed by atoms with Gasteiger partial charge in [0.15, 0.2) is 6.04 Å². The van der Waals surface area contributed by atoms with Crippen LogP contribution in [-0.4, -0.2) is 53.2 Å². The Labute approximate surface area is 202 Å². The van der Waals surface area contributed by atoms with Gasteiger partial charge in [-0.25, -0.2) is 14.6 Å². The first kappa shape index (κ1) is 22.9. The van der Waals surface area contributed by atoms with Gasteiger partial charge >= 0.3 is 12.1 Å². The molecule has 0 spiro atoms. The fourth-order valence-electron chi connectivity index (χ4n) is 5.39. The lowest BCUT2D eigenvalue weighted by Gasteiger charge is -2.36. The van der Waals surface area contributed by atoms with Crippen LogP contribution in [0, 0.1) is 11.8 Å². The Morgan fingerprint density at radius 3 is 2.26 bits per heavy atom. The van der Waals surface area contributed by atoms with E-state index in [1.54, 1.807) is 0 Å². The van der Waals surface area contributed by atoms with E-state index in [4.69, 9.17) is 4.74 Å². The van der Waals surface area contributed by atoms with Crippen molar-refractivity contribution in [2.45, 2.75) is 37.6 Å². The maximum absolute atomic E-state index is 12.4. The van der Waals surface area contributed by atoms with Gasteiger partial charge in [0.05, 0.1) is 6.42 Å². The molecular weight excluding hydrogens is 450 g/mol. The van der Waals surface area contributed by atoms with E-state index >= 15 is 0 Å². The van der Waals surface area contributed by atoms with Crippen LogP contribution in [0.2, 0.25) is 0 Å². The number of carbonyl (C=O) groups is 4. The zero-order valence-corrected chi connectivity index (χ0v) is 19.1. The summed E-state index contributed by atoms with van der Waals surface area (Å²) in [5.41, 5.74) is 7.00. The number of hydrazine groups is 1. The number of nitrogens with zero attached hydrogens (tertiary/aromatic N) is 1. The first-order valence-corrected chi connectivity index (χ1v) is 11.8. The average molecular weight is 478 g/mol. The van der Waals surface area contributed by atoms with E-state index in [0.717, 1.165) is 29.0 Å². The van der Waals surface area contributed by atoms with Crippen molar-refractivity contribution in [2.75, 3.05) is 13.2 Å². The second-order valence-electron chi connectivity index (χ2n) is 9.47. The highest BCUT2D eigenvalue weighted by atomic mass is 16.5. The molecule has 9 heteroatoms. The number of fused-ring (bicyclic) bond motifs is 3. The third-order valence-corrected chi connectivity index (χ3v) is 7.16. The summed E-state index contributed by atoms with van der Waals surface area (Å²) in [5, 5.41) is 13.0. The predicted molar refractivity (Wildman–Crippen MR) is 125 cm³/mol. The molecule has 1 heterocycles. The molecule has 2 fully saturated rings. The maximum Gasteiger partial charge on any atom is 0.407 e. The van der Waals surface area contributed by atoms with Crippen LogP contribution in [-0.2, 0) is 19.1 Å². The number of hydrogen-bond donors (Lipinski definition) is 3. The molecule has 2 aliphatic carbocycles. The third-order valence-electron chi connectivity index (χ3n) is 7.16. The molecule has 2 aromatic carbocycles. The van der Waals surface area contributed by atoms with Crippen molar-refractivity contribution >= 4 is 23.9 Å². The number of aliphatic carboxylic acids is 1. The molecule has 1 saturated carbocycles. The largest absolute Gasteiger partial charge is 0.480 e. The van der Waals surface area contributed by atoms with Gasteiger partial charge in [-0.05, 0) is 46.9 Å². The lowest BCUT2D eigenvalue weighted by molar-refractivity contribution is -0.151. The molecule has 0 aromatic heterocycles. The Balaban J connectivity index is 1.05. The van der Waals surface area contributed by atoms with Gasteiger partial charge in [-0.2, -0.15) is 0 Å². The van der Waals surface area contributed by atoms with Gasteiger partial charge in [-0.1, -0.05) is 48.5 Å². The number of carboxylic acids is 1. The van der Waals surface area contributed by atoms with E-state index in [2.05, 4.69) is 35.0 Å². The third kappa shape index (κ3) is 4.58. The molecule has 3 aliphatic rings. The van der Waals surface area contributed by atoms with Crippen LogP contribution in [0.4, 0.5) is 4.79 Å². The Kier molecular flexibility index (Phi) is 6.15. The van der Waals surface area contributed by atoms with E-state index in [0.29, 0.717) is 6.54 Å². The number of carboxylic acid groups (broad SMARTS) is 1. The van der Waals surface area contributed by atoms with E-state index < -0.39 is 29.9 Å². The molecule has 1 atom stereocenters. The second kappa shape index (κ2) is 9.40. The van der Waals surface area contributed by atoms with E-state index in [-0.39, 0.29) is 37.2 Å². The lowest BCUT2D eigenvalue weighted by Crippen LogP contribution is -2.48. The predicted octanol–water partition coefficient (Wildman–Crippen LogP) is 2.66. The van der Waals surface area contributed by atoms with Crippen molar-refractivity contribution in [1.29, 1.82) is 0 Å². The SMILES string of the molecule is O=C1CC(C(=O)O)N(C(=O)CC2CC(CNC(=O)OCC3c4ccccc4-c4ccccc43)C2)N1. The van der Waals surface area contributed by atoms with Gasteiger partial charge in [0.2, 0.25) is 11.8 Å². The minimum atomic E-state index is -1.20. The van der Waals surface area contributed by atoms with Crippen molar-refractivity contribution in [1.82, 2.24) is 15.8 Å². The van der Waals surface area contributed by atoms with Crippen LogP contribution in [0.25, 0.3) is 11.1 Å². The highest BCUT2D eigenvalue weighted by molar-refractivity contribution is 5.93. The molecule has 1 saturated heterocycles. The summed E-state index contributed by atoms with van der Waals surface area (Å²) < 4.78 is 5.56. The Morgan fingerprint density at radius 2 is 1.63 bits per heavy atom. The summed E-state index contributed by atoms with van der Waals surface area (Å²) in [6, 6.07) is 15.2. The van der Waals surface area contributed by atoms with Crippen LogP contribution in [0.5, 0.6) is 0 Å². The maximum atomic E-state index is 12.4. The Hall–Kier alpha value is -3.88. The van der Waals surface area contributed by atoms with Crippen molar-refractivity contribution in [3.8, 4) is 11.1 Å². The number of rotatable bonds is 7. The van der Waals surface area contributed by atoms with Gasteiger partial charge in [0.1, 0.15) is 6.61 Å². The number of carbonyl (C=O) groups excluding carboxylic acids is 3. The van der Waals surface area contributed by atoms with Crippen molar-refractivity contribution in [3.05, 3.63) is 59.7 Å². The van der Waals surface area contributed by atoms with Crippen LogP contribution in [0.1, 0.15) is 42.7 Å². The number of nitrogens with one attached hydrogen (secondary N) is 2. The van der Waals surface area contributed by atoms with Gasteiger partial charge in [-0.3, -0.25) is 15.0 Å². The van der Waals surface area contributed by atoms with Crippen molar-refractivity contribution in [2.24, 2.45) is 11.8 Å². The first-order valence-electron chi connectivity index (χ1n) is 11.8. The summed E-state index contributed by atoms with van der Waals surface area (Å²) >= 11 is 0. The van der Waals surface area contributed by atoms with Crippen LogP contribution in [0.3, 0.4) is 0 Å². The molecule has 0 bridgehead atoms. The number of alkyl carbamates (subject to hydrolysis) is 1. The molecule has 0 radical (unpaired) electrons. The van der Waals surface area contributed by atoms with Gasteiger partial charge < -0.3 is 15.2 Å². The summed E-state index contributed by atoms with van der Waals surface area (Å²) in [5.74, 6) is -1.72. The van der Waals surface area contributed by atoms with Crippen molar-refractivity contribution in [3.63, 3.8) is 0 Å². The number of ether oxygens (including phenoxy) is 1. The fraction of sp³-hybridized carbons (Fsp3) is 0.385. The number of amides is 3. The van der Waals surface area contributed by atoms with Crippen LogP contribution in [0.15, 0.2) is 48.5 Å². The van der Waals surface area contributed by atoms with Gasteiger partial charge in [0, 0.05) is 18.9 Å². The molecule has 1 aliphatic heterocycles. The van der Waals surface area contributed by atoms with E-state index in [1.165, 1.54) is 11.1 Å². The monoisotopic (exact) mass is 477 g/mol. The van der Waals surface area contributed by atoms with E-state index in [1.807, 2.05) is 24.3 Å². The number of hydrogen-bond acceptors (Lipinski definition) is 5. The van der Waals surface area contributed by atoms with Crippen LogP contribution < -0.4 is 10.7 Å². The first-order chi connectivity index (χ1) is 16.9. The molecule has 3 N–H and O–H groups in total. The summed E-state index contributed by atoms with van der Waals surface area (Å²) in [4.78, 5) is 47.5. The molecule has 3 amide bonds. The quantitative estimate of drug-likeness (QED) is 0.563. The summed E-state index contributed by atoms with van der Waals surface area (Å²) in [6.45, 7) is 0.716. The average Bonchev–Trinajstić information content (AvgIpc) is 3.37. The zero-order valence-electron chi connectivity index (χ0n) is 19.1. The standard InChI is InChI=1S/C26H27N3O6/c30-23-12-22(25(32)33)29(28-23)24(31)11-15-9-16(10-15)13-27-26(34)35-14-21-19-7-3-1-5-17(19)18-6-2-4-8-20(18)21/h1-8,15-16,21-22H,9-14H2,(H,27,34)(H,28,30)(H,32,33). The normalized spacial score (nSPS) is 22.6. The fourth-order valence-corrected chi connectivity index (χ4v) is 5.39. The lowest BCUT2D eigenvalue weighted by atomic mass is 9.73. The summed E-state index contributed by atoms with van der Waals surface area (Å²) in [6.07, 6.45) is 0.976. The van der Waals surface area contributed by atoms with E-state index in [9.17, 15) is 24.3 Å². The molecule has 182 valence electrons. The topological polar surface area (TPSA) is 125 Å². The number of benzene rings is 2. The van der Waals surface area contributed by atoms with Crippen LogP contribution >= 0.6 is 0 Å². The molecular formula is C26H27N3O6. The molecule has 9 nitrogen and oxygen atoms in total. The van der Waals surface area contributed by atoms with Gasteiger partial charge in [-0.15, -0.1) is 0 Å². The highest BCUT2D eigenvalue weighted by Gasteiger charge is 2.41. The zero-order chi connectivity index (χ0) is 24.5. The molecule has 5 rings (SSSR count). The molecule has 35 heavy (non-hydrogen) atoms. The highest BCUT2D eigenvalue weighted by Crippen LogP contribution is 2.44. The smallest absolute Gasteiger partial charge is 0.407 e. The minimum absolute atomic E-state index is 0.00736. The van der Waals surface area contributed by atoms with Gasteiger partial charge in [0.25, 0.3) is 0 Å². The molecule has 2 aromatic rings. The Bertz CT molecular complexity index is 1130. The second-order valence-corrected chi connectivity index (χ2v) is 9.47.